The number of pyridine rings is 1. The second-order valence-corrected chi connectivity index (χ2v) is 19.7. The van der Waals surface area contributed by atoms with Crippen LogP contribution < -0.4 is 24.8 Å². The lowest BCUT2D eigenvalue weighted by molar-refractivity contribution is -0.244. The number of rotatable bonds is 8. The molecule has 6 unspecified atom stereocenters. The minimum absolute atomic E-state index is 0.0265. The van der Waals surface area contributed by atoms with E-state index in [9.17, 15) is 40.4 Å². The molecule has 3 aliphatic heterocycles. The second kappa shape index (κ2) is 17.6. The molecule has 19 heteroatoms. The number of hydrogen-bond acceptors (Lipinski definition) is 10. The van der Waals surface area contributed by atoms with E-state index in [0.29, 0.717) is 63.0 Å². The number of hydrogen-bond donors (Lipinski definition) is 3. The summed E-state index contributed by atoms with van der Waals surface area (Å²) in [4.78, 5) is 62.6. The van der Waals surface area contributed by atoms with Crippen molar-refractivity contribution in [2.45, 2.75) is 139 Å². The maximum atomic E-state index is 15.1. The molecule has 2 aromatic rings. The van der Waals surface area contributed by atoms with Gasteiger partial charge in [0.1, 0.15) is 40.9 Å². The predicted molar refractivity (Wildman–Crippen MR) is 216 cm³/mol. The van der Waals surface area contributed by atoms with E-state index < -0.39 is 86.7 Å². The monoisotopic (exact) mass is 881 g/mol. The fourth-order valence-corrected chi connectivity index (χ4v) is 9.52. The Kier molecular flexibility index (Phi) is 13.2. The highest BCUT2D eigenvalue weighted by atomic mass is 32.2. The standard InChI is InChI=1S/C42H55F4N5O9S/c1-25-13-8-6-7-9-16-31(34(52)50-61(56,57)41(24-43)18-19-41)47-35(53)32-22-27(59-36-29-15-11-10-14-28(29)33-30(48-36)17-12-20-58-33)23-51(32)37(54)40(5,26(2)21-25)49-38(55)60-39(3,4)42(44,45)46/h6-7,10-11,14-15,25-27,31-32H,8-9,12-13,16-24H2,1-5H3,(H,47,53)(H,49,55)(H,50,52). The van der Waals surface area contributed by atoms with Gasteiger partial charge >= 0.3 is 12.3 Å². The number of nitrogens with one attached hydrogen (secondary N) is 3. The number of nitrogens with zero attached hydrogens (tertiary/aromatic N) is 2. The lowest BCUT2D eigenvalue weighted by Gasteiger charge is -2.41. The van der Waals surface area contributed by atoms with E-state index >= 15 is 4.79 Å². The van der Waals surface area contributed by atoms with Crippen molar-refractivity contribution < 1.29 is 59.4 Å². The summed E-state index contributed by atoms with van der Waals surface area (Å²) in [7, 11) is -4.46. The topological polar surface area (TPSA) is 182 Å². The van der Waals surface area contributed by atoms with Crippen molar-refractivity contribution in [3.05, 3.63) is 42.1 Å². The number of benzene rings is 1. The summed E-state index contributed by atoms with van der Waals surface area (Å²) in [5, 5.41) is 6.43. The van der Waals surface area contributed by atoms with Crippen molar-refractivity contribution in [1.29, 1.82) is 0 Å². The van der Waals surface area contributed by atoms with Crippen LogP contribution in [0.25, 0.3) is 10.8 Å². The molecule has 14 nitrogen and oxygen atoms in total. The first-order valence-electron chi connectivity index (χ1n) is 20.8. The van der Waals surface area contributed by atoms with Crippen LogP contribution in [0.1, 0.15) is 98.1 Å². The quantitative estimate of drug-likeness (QED) is 0.212. The fraction of sp³-hybridized carbons (Fsp3) is 0.643. The molecular weight excluding hydrogens is 827 g/mol. The van der Waals surface area contributed by atoms with Crippen molar-refractivity contribution in [3.63, 3.8) is 0 Å². The number of alkyl halides is 4. The number of halogens is 4. The fourth-order valence-electron chi connectivity index (χ4n) is 8.12. The van der Waals surface area contributed by atoms with Gasteiger partial charge in [-0.25, -0.2) is 22.6 Å². The molecule has 0 radical (unpaired) electrons. The van der Waals surface area contributed by atoms with Gasteiger partial charge in [0, 0.05) is 17.2 Å². The zero-order valence-electron chi connectivity index (χ0n) is 35.0. The molecule has 61 heavy (non-hydrogen) atoms. The van der Waals surface area contributed by atoms with Crippen molar-refractivity contribution in [2.24, 2.45) is 11.8 Å². The first-order valence-corrected chi connectivity index (χ1v) is 22.3. The van der Waals surface area contributed by atoms with Gasteiger partial charge in [-0.1, -0.05) is 44.2 Å². The summed E-state index contributed by atoms with van der Waals surface area (Å²) < 4.78 is 99.2. The SMILES string of the molecule is CC1CCC=CCCC(C(=O)NS(=O)(=O)C2(CF)CC2)NC(=O)C2CC(Oc3nc4c(c5ccccc35)OCCC4)CN2C(=O)C(C)(NC(=O)OC(C)(C)C(F)(F)F)C(C)C1. The van der Waals surface area contributed by atoms with Crippen LogP contribution in [0, 0.1) is 11.8 Å². The van der Waals surface area contributed by atoms with Gasteiger partial charge < -0.3 is 29.7 Å². The van der Waals surface area contributed by atoms with Crippen LogP contribution >= 0.6 is 0 Å². The van der Waals surface area contributed by atoms with Crippen LogP contribution in [0.4, 0.5) is 22.4 Å². The first-order chi connectivity index (χ1) is 28.6. The average Bonchev–Trinajstić information content (AvgIpc) is 3.90. The van der Waals surface area contributed by atoms with E-state index in [0.717, 1.165) is 11.8 Å². The van der Waals surface area contributed by atoms with Crippen molar-refractivity contribution in [3.8, 4) is 11.6 Å². The van der Waals surface area contributed by atoms with Gasteiger partial charge in [-0.2, -0.15) is 13.2 Å². The van der Waals surface area contributed by atoms with Gasteiger partial charge in [0.15, 0.2) is 0 Å². The van der Waals surface area contributed by atoms with Crippen LogP contribution in [-0.4, -0.2) is 102 Å². The number of amides is 4. The molecule has 3 N–H and O–H groups in total. The Balaban J connectivity index is 1.38. The summed E-state index contributed by atoms with van der Waals surface area (Å²) in [6.07, 6.45) is -0.736. The Labute approximate surface area is 352 Å². The van der Waals surface area contributed by atoms with Gasteiger partial charge in [0.05, 0.1) is 18.8 Å². The van der Waals surface area contributed by atoms with Crippen LogP contribution in [0.3, 0.4) is 0 Å². The molecule has 1 saturated carbocycles. The molecule has 336 valence electrons. The molecular formula is C42H55F4N5O9S. The molecule has 4 heterocycles. The number of carbonyl (C=O) groups excluding carboxylic acids is 4. The maximum absolute atomic E-state index is 15.1. The van der Waals surface area contributed by atoms with Gasteiger partial charge in [-0.3, -0.25) is 19.1 Å². The second-order valence-electron chi connectivity index (χ2n) is 17.6. The first kappa shape index (κ1) is 45.8. The normalized spacial score (nSPS) is 27.6. The van der Waals surface area contributed by atoms with E-state index in [1.54, 1.807) is 25.1 Å². The summed E-state index contributed by atoms with van der Waals surface area (Å²) in [5.41, 5.74) is -4.21. The highest BCUT2D eigenvalue weighted by Crippen LogP contribution is 2.43. The zero-order chi connectivity index (χ0) is 44.5. The molecule has 1 saturated heterocycles. The van der Waals surface area contributed by atoms with E-state index in [-0.39, 0.29) is 50.4 Å². The zero-order valence-corrected chi connectivity index (χ0v) is 35.8. The van der Waals surface area contributed by atoms with Crippen LogP contribution in [0.5, 0.6) is 11.6 Å². The number of ether oxygens (including phenoxy) is 3. The van der Waals surface area contributed by atoms with Crippen LogP contribution in [0.2, 0.25) is 0 Å². The minimum Gasteiger partial charge on any atom is -0.491 e. The third-order valence-corrected chi connectivity index (χ3v) is 14.6. The number of alkyl carbamates (subject to hydrolysis) is 1. The highest BCUT2D eigenvalue weighted by molar-refractivity contribution is 7.91. The van der Waals surface area contributed by atoms with E-state index in [2.05, 4.69) is 10.6 Å². The molecule has 1 aliphatic carbocycles. The molecule has 4 aliphatic rings. The summed E-state index contributed by atoms with van der Waals surface area (Å²) in [6.45, 7) is 5.42. The Morgan fingerprint density at radius 1 is 1.05 bits per heavy atom. The van der Waals surface area contributed by atoms with Crippen molar-refractivity contribution in [1.82, 2.24) is 25.2 Å². The third-order valence-electron chi connectivity index (χ3n) is 12.5. The van der Waals surface area contributed by atoms with Crippen molar-refractivity contribution >= 4 is 44.6 Å². The van der Waals surface area contributed by atoms with Gasteiger partial charge in [0.2, 0.25) is 33.3 Å². The summed E-state index contributed by atoms with van der Waals surface area (Å²) in [5.74, 6) is -2.71. The minimum atomic E-state index is -4.94. The highest BCUT2D eigenvalue weighted by Gasteiger charge is 2.57. The Bertz CT molecular complexity index is 2150. The third kappa shape index (κ3) is 9.70. The van der Waals surface area contributed by atoms with E-state index in [1.165, 1.54) is 11.8 Å². The molecule has 2 fully saturated rings. The average molecular weight is 882 g/mol. The number of carbonyl (C=O) groups is 4. The number of allylic oxidation sites excluding steroid dienone is 2. The van der Waals surface area contributed by atoms with Gasteiger partial charge in [0.25, 0.3) is 5.91 Å². The number of aryl methyl sites for hydroxylation is 1. The molecule has 4 amide bonds. The molecule has 0 bridgehead atoms. The molecule has 1 aromatic carbocycles. The van der Waals surface area contributed by atoms with Gasteiger partial charge in [-0.15, -0.1) is 0 Å². The molecule has 6 rings (SSSR count). The Hall–Kier alpha value is -4.68. The molecule has 6 atom stereocenters. The Morgan fingerprint density at radius 3 is 2.38 bits per heavy atom. The number of aromatic nitrogens is 1. The molecule has 1 aromatic heterocycles. The maximum Gasteiger partial charge on any atom is 0.427 e. The Morgan fingerprint density at radius 2 is 1.72 bits per heavy atom. The summed E-state index contributed by atoms with van der Waals surface area (Å²) >= 11 is 0. The summed E-state index contributed by atoms with van der Waals surface area (Å²) in [6, 6.07) is 4.46. The molecule has 0 spiro atoms. The van der Waals surface area contributed by atoms with Crippen LogP contribution in [-0.2, 0) is 35.6 Å². The smallest absolute Gasteiger partial charge is 0.427 e. The number of sulfonamides is 1. The lowest BCUT2D eigenvalue weighted by atomic mass is 9.79. The lowest BCUT2D eigenvalue weighted by Crippen LogP contribution is -2.64. The number of fused-ring (bicyclic) bond motifs is 4. The van der Waals surface area contributed by atoms with E-state index in [4.69, 9.17) is 19.2 Å². The largest absolute Gasteiger partial charge is 0.491 e. The van der Waals surface area contributed by atoms with E-state index in [1.807, 2.05) is 29.9 Å². The van der Waals surface area contributed by atoms with Crippen LogP contribution in [0.15, 0.2) is 36.4 Å². The predicted octanol–water partition coefficient (Wildman–Crippen LogP) is 5.96. The van der Waals surface area contributed by atoms with Gasteiger partial charge in [-0.05, 0) is 96.5 Å². The van der Waals surface area contributed by atoms with Crippen molar-refractivity contribution in [2.75, 3.05) is 19.8 Å².